The number of nitrogens with zero attached hydrogens (tertiary/aromatic N) is 1. The molecule has 0 aromatic rings. The smallest absolute Gasteiger partial charge is 0.410 e. The third kappa shape index (κ3) is 2.16. The summed E-state index contributed by atoms with van der Waals surface area (Å²) in [7, 11) is 0. The van der Waals surface area contributed by atoms with Crippen molar-refractivity contribution in [3.8, 4) is 0 Å². The van der Waals surface area contributed by atoms with Crippen LogP contribution < -0.4 is 11.5 Å². The van der Waals surface area contributed by atoms with Gasteiger partial charge in [0, 0.05) is 18.5 Å². The molecule has 1 aliphatic carbocycles. The van der Waals surface area contributed by atoms with Crippen LogP contribution in [0.15, 0.2) is 0 Å². The molecule has 1 spiro atoms. The molecule has 0 atom stereocenters. The first-order valence-corrected chi connectivity index (χ1v) is 6.12. The highest BCUT2D eigenvalue weighted by Gasteiger charge is 2.62. The Balaban J connectivity index is 1.82. The number of carbonyl (C=O) groups is 2. The van der Waals surface area contributed by atoms with E-state index < -0.39 is 17.0 Å². The molecular formula is C12H21N3O3. The van der Waals surface area contributed by atoms with Gasteiger partial charge in [-0.3, -0.25) is 4.79 Å². The predicted octanol–water partition coefficient (Wildman–Crippen LogP) is 0.200. The molecule has 1 saturated carbocycles. The molecule has 1 heterocycles. The number of primary amides is 1. The largest absolute Gasteiger partial charge is 0.444 e. The topological polar surface area (TPSA) is 98.7 Å². The number of hydrogen-bond donors (Lipinski definition) is 2. The van der Waals surface area contributed by atoms with Crippen LogP contribution in [0.5, 0.6) is 0 Å². The van der Waals surface area contributed by atoms with Gasteiger partial charge in [0.05, 0.1) is 5.54 Å². The Morgan fingerprint density at radius 2 is 1.72 bits per heavy atom. The lowest BCUT2D eigenvalue weighted by Crippen LogP contribution is -2.75. The molecule has 1 saturated heterocycles. The molecule has 2 rings (SSSR count). The van der Waals surface area contributed by atoms with Gasteiger partial charge in [-0.15, -0.1) is 0 Å². The zero-order chi connectivity index (χ0) is 13.8. The highest BCUT2D eigenvalue weighted by Crippen LogP contribution is 2.53. The fourth-order valence-corrected chi connectivity index (χ4v) is 2.90. The van der Waals surface area contributed by atoms with Crippen molar-refractivity contribution in [1.82, 2.24) is 4.90 Å². The minimum Gasteiger partial charge on any atom is -0.444 e. The maximum Gasteiger partial charge on any atom is 0.410 e. The monoisotopic (exact) mass is 255 g/mol. The molecule has 6 nitrogen and oxygen atoms in total. The maximum absolute atomic E-state index is 11.7. The number of rotatable bonds is 1. The van der Waals surface area contributed by atoms with Gasteiger partial charge in [0.1, 0.15) is 5.60 Å². The standard InChI is InChI=1S/C12H21N3O3/c1-10(2,3)18-9(17)15-6-11(7-15)4-12(14,5-11)8(13)16/h4-7,14H2,1-3H3,(H2,13,16). The molecule has 1 aliphatic heterocycles. The average Bonchev–Trinajstić information content (AvgIpc) is 2.04. The SMILES string of the molecule is CC(C)(C)OC(=O)N1CC2(C1)CC(N)(C(N)=O)C2. The van der Waals surface area contributed by atoms with E-state index in [2.05, 4.69) is 0 Å². The van der Waals surface area contributed by atoms with Crippen molar-refractivity contribution in [2.24, 2.45) is 16.9 Å². The van der Waals surface area contributed by atoms with E-state index in [0.29, 0.717) is 25.9 Å². The van der Waals surface area contributed by atoms with Crippen molar-refractivity contribution < 1.29 is 14.3 Å². The van der Waals surface area contributed by atoms with Gasteiger partial charge >= 0.3 is 6.09 Å². The summed E-state index contributed by atoms with van der Waals surface area (Å²) in [5, 5.41) is 0. The van der Waals surface area contributed by atoms with E-state index in [4.69, 9.17) is 16.2 Å². The van der Waals surface area contributed by atoms with Crippen LogP contribution in [0.2, 0.25) is 0 Å². The van der Waals surface area contributed by atoms with E-state index in [1.807, 2.05) is 20.8 Å². The minimum absolute atomic E-state index is 0.0132. The lowest BCUT2D eigenvalue weighted by Gasteiger charge is -2.61. The second-order valence-electron chi connectivity index (χ2n) is 6.71. The Kier molecular flexibility index (Phi) is 2.63. The van der Waals surface area contributed by atoms with Crippen LogP contribution in [0.3, 0.4) is 0 Å². The molecule has 6 heteroatoms. The summed E-state index contributed by atoms with van der Waals surface area (Å²) >= 11 is 0. The number of amides is 2. The number of ether oxygens (including phenoxy) is 1. The van der Waals surface area contributed by atoms with Gasteiger partial charge in [-0.1, -0.05) is 0 Å². The van der Waals surface area contributed by atoms with E-state index in [0.717, 1.165) is 0 Å². The molecule has 0 unspecified atom stereocenters. The first kappa shape index (κ1) is 13.1. The van der Waals surface area contributed by atoms with Crippen LogP contribution >= 0.6 is 0 Å². The molecule has 2 fully saturated rings. The molecular weight excluding hydrogens is 234 g/mol. The quantitative estimate of drug-likeness (QED) is 0.699. The first-order chi connectivity index (χ1) is 8.05. The summed E-state index contributed by atoms with van der Waals surface area (Å²) in [6.07, 6.45) is 0.824. The summed E-state index contributed by atoms with van der Waals surface area (Å²) in [6.45, 7) is 6.72. The molecule has 0 radical (unpaired) electrons. The summed E-state index contributed by atoms with van der Waals surface area (Å²) in [5.74, 6) is -0.455. The third-order valence-corrected chi connectivity index (χ3v) is 3.58. The van der Waals surface area contributed by atoms with Crippen molar-refractivity contribution >= 4 is 12.0 Å². The van der Waals surface area contributed by atoms with Crippen molar-refractivity contribution in [2.45, 2.75) is 44.8 Å². The average molecular weight is 255 g/mol. The molecule has 2 aliphatic rings. The fraction of sp³-hybridized carbons (Fsp3) is 0.833. The minimum atomic E-state index is -0.875. The maximum atomic E-state index is 11.7. The fourth-order valence-electron chi connectivity index (χ4n) is 2.90. The lowest BCUT2D eigenvalue weighted by atomic mass is 9.54. The second-order valence-corrected chi connectivity index (χ2v) is 6.71. The third-order valence-electron chi connectivity index (χ3n) is 3.58. The number of hydrogen-bond acceptors (Lipinski definition) is 4. The summed E-state index contributed by atoms with van der Waals surface area (Å²) in [6, 6.07) is 0. The van der Waals surface area contributed by atoms with Crippen molar-refractivity contribution in [1.29, 1.82) is 0 Å². The zero-order valence-corrected chi connectivity index (χ0v) is 11.2. The van der Waals surface area contributed by atoms with Crippen molar-refractivity contribution in [2.75, 3.05) is 13.1 Å². The van der Waals surface area contributed by atoms with Crippen LogP contribution in [0, 0.1) is 5.41 Å². The molecule has 0 bridgehead atoms. The zero-order valence-electron chi connectivity index (χ0n) is 11.2. The molecule has 0 aromatic heterocycles. The van der Waals surface area contributed by atoms with Crippen LogP contribution in [0.25, 0.3) is 0 Å². The van der Waals surface area contributed by atoms with E-state index in [-0.39, 0.29) is 11.5 Å². The van der Waals surface area contributed by atoms with Gasteiger partial charge in [0.2, 0.25) is 5.91 Å². The van der Waals surface area contributed by atoms with E-state index in [9.17, 15) is 9.59 Å². The van der Waals surface area contributed by atoms with Crippen molar-refractivity contribution in [3.63, 3.8) is 0 Å². The predicted molar refractivity (Wildman–Crippen MR) is 65.6 cm³/mol. The Bertz CT molecular complexity index is 386. The first-order valence-electron chi connectivity index (χ1n) is 6.12. The molecule has 102 valence electrons. The number of nitrogens with two attached hydrogens (primary N) is 2. The molecule has 4 N–H and O–H groups in total. The summed E-state index contributed by atoms with van der Waals surface area (Å²) in [5.41, 5.74) is 9.72. The van der Waals surface area contributed by atoms with E-state index in [1.165, 1.54) is 0 Å². The normalized spacial score (nSPS) is 24.1. The van der Waals surface area contributed by atoms with E-state index in [1.54, 1.807) is 4.90 Å². The Morgan fingerprint density at radius 3 is 2.11 bits per heavy atom. The highest BCUT2D eigenvalue weighted by molar-refractivity contribution is 5.86. The van der Waals surface area contributed by atoms with Crippen LogP contribution in [-0.2, 0) is 9.53 Å². The highest BCUT2D eigenvalue weighted by atomic mass is 16.6. The number of likely N-dealkylation sites (tertiary alicyclic amines) is 1. The van der Waals surface area contributed by atoms with Gasteiger partial charge in [-0.2, -0.15) is 0 Å². The molecule has 0 aromatic carbocycles. The van der Waals surface area contributed by atoms with Gasteiger partial charge in [0.15, 0.2) is 0 Å². The van der Waals surface area contributed by atoms with Gasteiger partial charge in [-0.05, 0) is 33.6 Å². The van der Waals surface area contributed by atoms with E-state index >= 15 is 0 Å². The van der Waals surface area contributed by atoms with Crippen LogP contribution in [0.4, 0.5) is 4.79 Å². The second kappa shape index (κ2) is 3.60. The number of carbonyl (C=O) groups excluding carboxylic acids is 2. The Morgan fingerprint density at radius 1 is 1.22 bits per heavy atom. The Hall–Kier alpha value is -1.30. The summed E-state index contributed by atoms with van der Waals surface area (Å²) < 4.78 is 5.27. The van der Waals surface area contributed by atoms with Crippen LogP contribution in [-0.4, -0.2) is 41.1 Å². The Labute approximate surface area is 107 Å². The van der Waals surface area contributed by atoms with Crippen molar-refractivity contribution in [3.05, 3.63) is 0 Å². The molecule has 2 amide bonds. The van der Waals surface area contributed by atoms with Gasteiger partial charge in [0.25, 0.3) is 0 Å². The summed E-state index contributed by atoms with van der Waals surface area (Å²) in [4.78, 5) is 24.5. The van der Waals surface area contributed by atoms with Gasteiger partial charge in [-0.25, -0.2) is 4.79 Å². The molecule has 18 heavy (non-hydrogen) atoms. The lowest BCUT2D eigenvalue weighted by molar-refractivity contribution is -0.144. The van der Waals surface area contributed by atoms with Crippen LogP contribution in [0.1, 0.15) is 33.6 Å². The van der Waals surface area contributed by atoms with Gasteiger partial charge < -0.3 is 21.1 Å².